The zero-order valence-corrected chi connectivity index (χ0v) is 17.8. The number of aliphatic hydroxyl groups excluding tert-OH is 1. The van der Waals surface area contributed by atoms with Gasteiger partial charge in [-0.2, -0.15) is 0 Å². The molecule has 1 aliphatic heterocycles. The summed E-state index contributed by atoms with van der Waals surface area (Å²) in [6, 6.07) is 7.23. The molecule has 7 nitrogen and oxygen atoms in total. The Morgan fingerprint density at radius 1 is 1.28 bits per heavy atom. The smallest absolute Gasteiger partial charge is 0.295 e. The maximum absolute atomic E-state index is 12.9. The number of carbonyl (C=O) groups excluding carboxylic acids is 2. The van der Waals surface area contributed by atoms with Gasteiger partial charge in [-0.05, 0) is 56.9 Å². The first kappa shape index (κ1) is 21.0. The van der Waals surface area contributed by atoms with Gasteiger partial charge < -0.3 is 20.0 Å². The second-order valence-corrected chi connectivity index (χ2v) is 8.01. The van der Waals surface area contributed by atoms with E-state index in [2.05, 4.69) is 20.9 Å². The largest absolute Gasteiger partial charge is 0.507 e. The SMILES string of the molecule is CN(C)CCCN1C(=O)C(=O)/C(=C(/O)c2cc(Br)ccc2O)C1c1cccnc1. The molecule has 1 aliphatic rings. The van der Waals surface area contributed by atoms with Crippen LogP contribution in [-0.4, -0.2) is 63.9 Å². The van der Waals surface area contributed by atoms with Crippen LogP contribution in [0.3, 0.4) is 0 Å². The first-order valence-corrected chi connectivity index (χ1v) is 9.92. The van der Waals surface area contributed by atoms with Gasteiger partial charge in [0.05, 0.1) is 17.2 Å². The number of ketones is 1. The fourth-order valence-corrected chi connectivity index (χ4v) is 3.76. The number of aliphatic hydroxyl groups is 1. The van der Waals surface area contributed by atoms with Crippen LogP contribution < -0.4 is 0 Å². The highest BCUT2D eigenvalue weighted by atomic mass is 79.9. The Bertz CT molecular complexity index is 960. The van der Waals surface area contributed by atoms with Crippen LogP contribution in [0.1, 0.15) is 23.6 Å². The minimum atomic E-state index is -0.777. The van der Waals surface area contributed by atoms with Crippen LogP contribution in [0.25, 0.3) is 5.76 Å². The molecule has 1 unspecified atom stereocenters. The molecule has 0 bridgehead atoms. The van der Waals surface area contributed by atoms with Crippen molar-refractivity contribution in [3.05, 3.63) is 63.9 Å². The summed E-state index contributed by atoms with van der Waals surface area (Å²) in [5, 5.41) is 21.1. The molecule has 3 rings (SSSR count). The number of nitrogens with zero attached hydrogens (tertiary/aromatic N) is 3. The van der Waals surface area contributed by atoms with Crippen molar-refractivity contribution in [3.8, 4) is 5.75 Å². The van der Waals surface area contributed by atoms with Crippen LogP contribution in [0.2, 0.25) is 0 Å². The average Bonchev–Trinajstić information content (AvgIpc) is 2.94. The van der Waals surface area contributed by atoms with E-state index >= 15 is 0 Å². The van der Waals surface area contributed by atoms with E-state index in [-0.39, 0.29) is 16.9 Å². The van der Waals surface area contributed by atoms with E-state index < -0.39 is 23.5 Å². The molecular weight excluding hydrogens is 438 g/mol. The first-order valence-electron chi connectivity index (χ1n) is 9.13. The molecule has 0 aliphatic carbocycles. The standard InChI is InChI=1S/C21H22BrN3O4/c1-24(2)9-4-10-25-18(13-5-3-8-23-12-13)17(20(28)21(25)29)19(27)15-11-14(22)6-7-16(15)26/h3,5-8,11-12,18,26-27H,4,9-10H2,1-2H3/b19-17+. The van der Waals surface area contributed by atoms with E-state index in [0.717, 1.165) is 6.54 Å². The average molecular weight is 460 g/mol. The molecule has 1 aromatic carbocycles. The number of aromatic nitrogens is 1. The Balaban J connectivity index is 2.12. The number of benzene rings is 1. The molecule has 1 aromatic heterocycles. The number of rotatable bonds is 6. The Kier molecular flexibility index (Phi) is 6.34. The van der Waals surface area contributed by atoms with Gasteiger partial charge in [0.1, 0.15) is 11.5 Å². The minimum absolute atomic E-state index is 0.0544. The normalized spacial score (nSPS) is 18.6. The van der Waals surface area contributed by atoms with Crippen LogP contribution in [-0.2, 0) is 9.59 Å². The van der Waals surface area contributed by atoms with Crippen molar-refractivity contribution < 1.29 is 19.8 Å². The third kappa shape index (κ3) is 4.33. The minimum Gasteiger partial charge on any atom is -0.507 e. The molecule has 8 heteroatoms. The topological polar surface area (TPSA) is 94.0 Å². The van der Waals surface area contributed by atoms with E-state index in [1.54, 1.807) is 30.6 Å². The van der Waals surface area contributed by atoms with Gasteiger partial charge in [0.2, 0.25) is 0 Å². The summed E-state index contributed by atoms with van der Waals surface area (Å²) in [7, 11) is 3.87. The Labute approximate surface area is 177 Å². The Hall–Kier alpha value is -2.71. The number of Topliss-reactive ketones (excluding diaryl/α,β-unsaturated/α-hetero) is 1. The molecule has 2 N–H and O–H groups in total. The second-order valence-electron chi connectivity index (χ2n) is 7.10. The molecule has 1 amide bonds. The van der Waals surface area contributed by atoms with Crippen molar-refractivity contribution in [1.82, 2.24) is 14.8 Å². The van der Waals surface area contributed by atoms with Gasteiger partial charge in [-0.15, -0.1) is 0 Å². The second kappa shape index (κ2) is 8.75. The fraction of sp³-hybridized carbons (Fsp3) is 0.286. The number of phenols is 1. The van der Waals surface area contributed by atoms with Crippen LogP contribution in [0.4, 0.5) is 0 Å². The maximum Gasteiger partial charge on any atom is 0.295 e. The predicted octanol–water partition coefficient (Wildman–Crippen LogP) is 2.92. The van der Waals surface area contributed by atoms with Crippen LogP contribution in [0.15, 0.2) is 52.8 Å². The van der Waals surface area contributed by atoms with Crippen LogP contribution >= 0.6 is 15.9 Å². The van der Waals surface area contributed by atoms with Crippen molar-refractivity contribution in [2.45, 2.75) is 12.5 Å². The number of halogens is 1. The zero-order valence-electron chi connectivity index (χ0n) is 16.2. The maximum atomic E-state index is 12.9. The third-order valence-corrected chi connectivity index (χ3v) is 5.25. The van der Waals surface area contributed by atoms with Crippen molar-refractivity contribution >= 4 is 33.4 Å². The monoisotopic (exact) mass is 459 g/mol. The zero-order chi connectivity index (χ0) is 21.1. The summed E-state index contributed by atoms with van der Waals surface area (Å²) >= 11 is 3.30. The van der Waals surface area contributed by atoms with E-state index in [4.69, 9.17) is 0 Å². The highest BCUT2D eigenvalue weighted by Gasteiger charge is 2.46. The van der Waals surface area contributed by atoms with Gasteiger partial charge >= 0.3 is 0 Å². The molecule has 0 saturated carbocycles. The number of hydrogen-bond donors (Lipinski definition) is 2. The summed E-state index contributed by atoms with van der Waals surface area (Å²) in [5.74, 6) is -2.05. The van der Waals surface area contributed by atoms with E-state index in [0.29, 0.717) is 23.0 Å². The van der Waals surface area contributed by atoms with E-state index in [1.165, 1.54) is 17.0 Å². The molecule has 152 valence electrons. The van der Waals surface area contributed by atoms with E-state index in [9.17, 15) is 19.8 Å². The molecule has 29 heavy (non-hydrogen) atoms. The Morgan fingerprint density at radius 2 is 2.03 bits per heavy atom. The lowest BCUT2D eigenvalue weighted by Crippen LogP contribution is -2.32. The summed E-state index contributed by atoms with van der Waals surface area (Å²) in [6.07, 6.45) is 3.84. The van der Waals surface area contributed by atoms with Crippen molar-refractivity contribution in [3.63, 3.8) is 0 Å². The quantitative estimate of drug-likeness (QED) is 0.391. The molecule has 1 saturated heterocycles. The van der Waals surface area contributed by atoms with Crippen molar-refractivity contribution in [2.75, 3.05) is 27.2 Å². The number of likely N-dealkylation sites (tertiary alicyclic amines) is 1. The van der Waals surface area contributed by atoms with Gasteiger partial charge in [0, 0.05) is 23.4 Å². The number of phenolic OH excluding ortho intramolecular Hbond substituents is 1. The molecule has 0 spiro atoms. The number of carbonyl (C=O) groups is 2. The van der Waals surface area contributed by atoms with Gasteiger partial charge in [-0.25, -0.2) is 0 Å². The Morgan fingerprint density at radius 3 is 2.69 bits per heavy atom. The molecule has 2 aromatic rings. The third-order valence-electron chi connectivity index (χ3n) is 4.76. The number of amides is 1. The summed E-state index contributed by atoms with van der Waals surface area (Å²) in [4.78, 5) is 33.2. The highest BCUT2D eigenvalue weighted by Crippen LogP contribution is 2.41. The van der Waals surface area contributed by atoms with Crippen LogP contribution in [0, 0.1) is 0 Å². The number of hydrogen-bond acceptors (Lipinski definition) is 6. The molecule has 0 radical (unpaired) electrons. The summed E-state index contributed by atoms with van der Waals surface area (Å²) in [6.45, 7) is 1.10. The fourth-order valence-electron chi connectivity index (χ4n) is 3.40. The summed E-state index contributed by atoms with van der Waals surface area (Å²) in [5.41, 5.74) is 0.647. The van der Waals surface area contributed by atoms with Crippen molar-refractivity contribution in [2.24, 2.45) is 0 Å². The van der Waals surface area contributed by atoms with Gasteiger partial charge in [-0.1, -0.05) is 22.0 Å². The van der Waals surface area contributed by atoms with Gasteiger partial charge in [-0.3, -0.25) is 14.6 Å². The molecule has 2 heterocycles. The van der Waals surface area contributed by atoms with Crippen molar-refractivity contribution in [1.29, 1.82) is 0 Å². The van der Waals surface area contributed by atoms with E-state index in [1.807, 2.05) is 19.0 Å². The molecule has 1 fully saturated rings. The first-order chi connectivity index (χ1) is 13.8. The number of aromatic hydroxyl groups is 1. The van der Waals surface area contributed by atoms with Gasteiger partial charge in [0.15, 0.2) is 0 Å². The molecule has 1 atom stereocenters. The number of pyridine rings is 1. The van der Waals surface area contributed by atoms with Crippen LogP contribution in [0.5, 0.6) is 5.75 Å². The highest BCUT2D eigenvalue weighted by molar-refractivity contribution is 9.10. The summed E-state index contributed by atoms with van der Waals surface area (Å²) < 4.78 is 0.620. The molecular formula is C21H22BrN3O4. The van der Waals surface area contributed by atoms with Gasteiger partial charge in [0.25, 0.3) is 11.7 Å². The lowest BCUT2D eigenvalue weighted by molar-refractivity contribution is -0.139. The predicted molar refractivity (Wildman–Crippen MR) is 112 cm³/mol. The lowest BCUT2D eigenvalue weighted by Gasteiger charge is -2.25. The lowest BCUT2D eigenvalue weighted by atomic mass is 9.96.